The van der Waals surface area contributed by atoms with E-state index in [2.05, 4.69) is 28.6 Å². The van der Waals surface area contributed by atoms with Crippen molar-refractivity contribution < 1.29 is 26.3 Å². The van der Waals surface area contributed by atoms with Crippen LogP contribution in [0.1, 0.15) is 31.4 Å². The maximum absolute atomic E-state index is 12.6. The lowest BCUT2D eigenvalue weighted by Gasteiger charge is -2.41. The molecule has 9 nitrogen and oxygen atoms in total. The zero-order valence-corrected chi connectivity index (χ0v) is 24.0. The third-order valence-corrected chi connectivity index (χ3v) is 9.31. The van der Waals surface area contributed by atoms with Crippen molar-refractivity contribution in [2.75, 3.05) is 24.6 Å². The Bertz CT molecular complexity index is 1650. The molecule has 1 aliphatic rings. The molecule has 0 spiro atoms. The predicted molar refractivity (Wildman–Crippen MR) is 150 cm³/mol. The van der Waals surface area contributed by atoms with E-state index in [4.69, 9.17) is 10.7 Å². The third kappa shape index (κ3) is 6.41. The Balaban J connectivity index is 1.52. The molecule has 1 aromatic carbocycles. The number of alkyl halides is 3. The standard InChI is InChI=1S/C28H33F3N6O3S/c1-27(2,36-10-12-41(38,39)13-11-36)9-8-20-17-37(22-16-33-35(3)18-22)26-25(20)21(15-32)14-24(34-26)19-4-6-23(7-5-19)40-28(29,30)31/h4-7,14,16-18H,8-13,15,32H2,1-3H3. The fourth-order valence-electron chi connectivity index (χ4n) is 5.36. The van der Waals surface area contributed by atoms with Crippen molar-refractivity contribution in [3.63, 3.8) is 0 Å². The van der Waals surface area contributed by atoms with E-state index >= 15 is 0 Å². The molecule has 0 atom stereocenters. The highest BCUT2D eigenvalue weighted by Gasteiger charge is 2.33. The molecule has 0 saturated carbocycles. The van der Waals surface area contributed by atoms with Crippen molar-refractivity contribution >= 4 is 20.9 Å². The largest absolute Gasteiger partial charge is 0.573 e. The number of ether oxygens (including phenoxy) is 1. The molecule has 3 aromatic heterocycles. The van der Waals surface area contributed by atoms with Crippen LogP contribution < -0.4 is 10.5 Å². The van der Waals surface area contributed by atoms with Crippen LogP contribution in [0.5, 0.6) is 5.75 Å². The quantitative estimate of drug-likeness (QED) is 0.327. The summed E-state index contributed by atoms with van der Waals surface area (Å²) in [4.78, 5) is 7.18. The Morgan fingerprint density at radius 3 is 2.32 bits per heavy atom. The van der Waals surface area contributed by atoms with Gasteiger partial charge >= 0.3 is 6.36 Å². The van der Waals surface area contributed by atoms with Gasteiger partial charge in [-0.3, -0.25) is 14.1 Å². The van der Waals surface area contributed by atoms with E-state index in [-0.39, 0.29) is 29.3 Å². The predicted octanol–water partition coefficient (Wildman–Crippen LogP) is 4.22. The van der Waals surface area contributed by atoms with Gasteiger partial charge in [-0.2, -0.15) is 5.10 Å². The molecule has 1 fully saturated rings. The fraction of sp³-hybridized carbons (Fsp3) is 0.429. The number of aromatic nitrogens is 4. The summed E-state index contributed by atoms with van der Waals surface area (Å²) in [5.41, 5.74) is 10.6. The van der Waals surface area contributed by atoms with Crippen LogP contribution in [-0.2, 0) is 29.9 Å². The fourth-order valence-corrected chi connectivity index (χ4v) is 6.56. The summed E-state index contributed by atoms with van der Waals surface area (Å²) in [6, 6.07) is 7.47. The van der Waals surface area contributed by atoms with Crippen molar-refractivity contribution in [1.82, 2.24) is 24.2 Å². The Morgan fingerprint density at radius 2 is 1.73 bits per heavy atom. The van der Waals surface area contributed by atoms with E-state index in [9.17, 15) is 21.6 Å². The van der Waals surface area contributed by atoms with Crippen LogP contribution in [0.4, 0.5) is 13.2 Å². The van der Waals surface area contributed by atoms with Gasteiger partial charge < -0.3 is 10.5 Å². The lowest BCUT2D eigenvalue weighted by molar-refractivity contribution is -0.274. The van der Waals surface area contributed by atoms with Crippen molar-refractivity contribution in [2.45, 2.75) is 45.1 Å². The molecular formula is C28H33F3N6O3S. The molecule has 1 saturated heterocycles. The van der Waals surface area contributed by atoms with Gasteiger partial charge in [-0.15, -0.1) is 13.2 Å². The number of fused-ring (bicyclic) bond motifs is 1. The summed E-state index contributed by atoms with van der Waals surface area (Å²) in [6.45, 7) is 5.53. The van der Waals surface area contributed by atoms with Crippen molar-refractivity contribution in [3.8, 4) is 22.7 Å². The number of sulfone groups is 1. The number of halogens is 3. The zero-order chi connectivity index (χ0) is 29.6. The molecule has 41 heavy (non-hydrogen) atoms. The summed E-state index contributed by atoms with van der Waals surface area (Å²) in [5.74, 6) is 0.0324. The van der Waals surface area contributed by atoms with Gasteiger partial charge in [0.05, 0.1) is 29.1 Å². The maximum Gasteiger partial charge on any atom is 0.573 e. The van der Waals surface area contributed by atoms with Gasteiger partial charge in [0.2, 0.25) is 0 Å². The maximum atomic E-state index is 12.6. The lowest BCUT2D eigenvalue weighted by atomic mass is 9.92. The van der Waals surface area contributed by atoms with Gasteiger partial charge in [-0.05, 0) is 68.1 Å². The second-order valence-electron chi connectivity index (χ2n) is 11.0. The smallest absolute Gasteiger partial charge is 0.406 e. The summed E-state index contributed by atoms with van der Waals surface area (Å²) in [6.07, 6.45) is 2.37. The molecule has 0 radical (unpaired) electrons. The van der Waals surface area contributed by atoms with Crippen molar-refractivity contribution in [1.29, 1.82) is 0 Å². The number of hydrogen-bond acceptors (Lipinski definition) is 7. The van der Waals surface area contributed by atoms with E-state index in [1.54, 1.807) is 10.9 Å². The first kappa shape index (κ1) is 29.1. The molecule has 4 aromatic rings. The second-order valence-corrected chi connectivity index (χ2v) is 13.3. The highest BCUT2D eigenvalue weighted by molar-refractivity contribution is 7.91. The minimum atomic E-state index is -4.77. The Kier molecular flexibility index (Phi) is 7.64. The number of nitrogens with zero attached hydrogens (tertiary/aromatic N) is 5. The van der Waals surface area contributed by atoms with E-state index < -0.39 is 16.2 Å². The minimum Gasteiger partial charge on any atom is -0.406 e. The van der Waals surface area contributed by atoms with E-state index in [1.807, 2.05) is 30.1 Å². The number of nitrogens with two attached hydrogens (primary N) is 1. The molecule has 13 heteroatoms. The van der Waals surface area contributed by atoms with Crippen molar-refractivity contribution in [2.24, 2.45) is 12.8 Å². The molecule has 0 amide bonds. The van der Waals surface area contributed by atoms with E-state index in [0.717, 1.165) is 28.6 Å². The highest BCUT2D eigenvalue weighted by Crippen LogP contribution is 2.34. The average molecular weight is 591 g/mol. The van der Waals surface area contributed by atoms with Crippen LogP contribution in [0, 0.1) is 0 Å². The lowest BCUT2D eigenvalue weighted by Crippen LogP contribution is -2.51. The van der Waals surface area contributed by atoms with Crippen LogP contribution in [0.2, 0.25) is 0 Å². The molecule has 1 aliphatic heterocycles. The monoisotopic (exact) mass is 590 g/mol. The van der Waals surface area contributed by atoms with E-state index in [0.29, 0.717) is 36.4 Å². The molecule has 2 N–H and O–H groups in total. The number of rotatable bonds is 8. The van der Waals surface area contributed by atoms with Gasteiger partial charge in [-0.25, -0.2) is 13.4 Å². The van der Waals surface area contributed by atoms with Crippen LogP contribution in [-0.4, -0.2) is 69.1 Å². The Labute approximate surface area is 236 Å². The minimum absolute atomic E-state index is 0.171. The molecule has 4 heterocycles. The highest BCUT2D eigenvalue weighted by atomic mass is 32.2. The second kappa shape index (κ2) is 10.8. The van der Waals surface area contributed by atoms with Crippen LogP contribution >= 0.6 is 0 Å². The Morgan fingerprint density at radius 1 is 1.05 bits per heavy atom. The molecule has 220 valence electrons. The van der Waals surface area contributed by atoms with Gasteiger partial charge in [0.15, 0.2) is 9.84 Å². The average Bonchev–Trinajstić information content (AvgIpc) is 3.49. The van der Waals surface area contributed by atoms with Crippen molar-refractivity contribution in [3.05, 3.63) is 60.0 Å². The van der Waals surface area contributed by atoms with Crippen LogP contribution in [0.25, 0.3) is 28.0 Å². The molecule has 0 bridgehead atoms. The first-order valence-corrected chi connectivity index (χ1v) is 15.1. The Hall–Kier alpha value is -3.42. The summed E-state index contributed by atoms with van der Waals surface area (Å²) in [5, 5.41) is 5.24. The zero-order valence-electron chi connectivity index (χ0n) is 23.1. The number of benzene rings is 1. The normalized spacial score (nSPS) is 16.4. The van der Waals surface area contributed by atoms with Gasteiger partial charge in [0, 0.05) is 55.6 Å². The molecular weight excluding hydrogens is 557 g/mol. The van der Waals surface area contributed by atoms with E-state index in [1.165, 1.54) is 24.3 Å². The SMILES string of the molecule is Cn1cc(-n2cc(CCC(C)(C)N3CCS(=O)(=O)CC3)c3c(CN)cc(-c4ccc(OC(F)(F)F)cc4)nc32)cn1. The first-order valence-electron chi connectivity index (χ1n) is 13.3. The molecule has 5 rings (SSSR count). The summed E-state index contributed by atoms with van der Waals surface area (Å²) < 4.78 is 69.5. The summed E-state index contributed by atoms with van der Waals surface area (Å²) >= 11 is 0. The third-order valence-electron chi connectivity index (χ3n) is 7.70. The molecule has 0 unspecified atom stereocenters. The number of hydrogen-bond donors (Lipinski definition) is 1. The first-order chi connectivity index (χ1) is 19.2. The van der Waals surface area contributed by atoms with Gasteiger partial charge in [0.1, 0.15) is 11.4 Å². The van der Waals surface area contributed by atoms with Gasteiger partial charge in [0.25, 0.3) is 0 Å². The van der Waals surface area contributed by atoms with Crippen LogP contribution in [0.15, 0.2) is 48.9 Å². The number of aryl methyl sites for hydroxylation is 2. The summed E-state index contributed by atoms with van der Waals surface area (Å²) in [7, 11) is -1.15. The molecule has 0 aliphatic carbocycles. The number of pyridine rings is 1. The topological polar surface area (TPSA) is 108 Å². The van der Waals surface area contributed by atoms with Crippen LogP contribution in [0.3, 0.4) is 0 Å². The van der Waals surface area contributed by atoms with Gasteiger partial charge in [-0.1, -0.05) is 0 Å².